The van der Waals surface area contributed by atoms with Gasteiger partial charge in [-0.2, -0.15) is 0 Å². The van der Waals surface area contributed by atoms with Gasteiger partial charge in [0.2, 0.25) is 0 Å². The lowest BCUT2D eigenvalue weighted by Gasteiger charge is -2.41. The minimum Gasteiger partial charge on any atom is -0.381 e. The normalized spacial score (nSPS) is 25.2. The molecule has 0 saturated carbocycles. The summed E-state index contributed by atoms with van der Waals surface area (Å²) in [5.74, 6) is 0.875. The average molecular weight is 255 g/mol. The highest BCUT2D eigenvalue weighted by Crippen LogP contribution is 2.39. The van der Waals surface area contributed by atoms with Crippen molar-refractivity contribution in [1.29, 1.82) is 0 Å². The predicted octanol–water partition coefficient (Wildman–Crippen LogP) is 2.60. The summed E-state index contributed by atoms with van der Waals surface area (Å²) in [4.78, 5) is 0. The molecular weight excluding hydrogens is 226 g/mol. The van der Waals surface area contributed by atoms with Gasteiger partial charge in [-0.15, -0.1) is 0 Å². The Morgan fingerprint density at radius 1 is 1.06 bits per heavy atom. The molecule has 0 spiro atoms. The topological polar surface area (TPSA) is 30.5 Å². The second-order valence-electron chi connectivity index (χ2n) is 6.05. The van der Waals surface area contributed by atoms with Crippen molar-refractivity contribution >= 4 is 0 Å². The Labute approximate surface area is 112 Å². The monoisotopic (exact) mass is 255 g/mol. The molecule has 3 heteroatoms. The summed E-state index contributed by atoms with van der Waals surface area (Å²) in [6.45, 7) is 8.42. The summed E-state index contributed by atoms with van der Waals surface area (Å²) in [6, 6.07) is 0. The van der Waals surface area contributed by atoms with Crippen LogP contribution in [-0.4, -0.2) is 39.5 Å². The molecule has 2 aliphatic heterocycles. The van der Waals surface area contributed by atoms with Gasteiger partial charge in [-0.3, -0.25) is 0 Å². The van der Waals surface area contributed by atoms with Gasteiger partial charge in [-0.05, 0) is 56.4 Å². The molecule has 2 aliphatic rings. The second kappa shape index (κ2) is 7.46. The maximum absolute atomic E-state index is 5.57. The van der Waals surface area contributed by atoms with Gasteiger partial charge in [0.15, 0.2) is 0 Å². The van der Waals surface area contributed by atoms with Crippen LogP contribution < -0.4 is 5.32 Å². The van der Waals surface area contributed by atoms with E-state index in [4.69, 9.17) is 9.47 Å². The van der Waals surface area contributed by atoms with E-state index in [9.17, 15) is 0 Å². The summed E-state index contributed by atoms with van der Waals surface area (Å²) < 4.78 is 11.0. The molecule has 0 aromatic carbocycles. The van der Waals surface area contributed by atoms with Crippen LogP contribution >= 0.6 is 0 Å². The van der Waals surface area contributed by atoms with Gasteiger partial charge in [0.1, 0.15) is 0 Å². The Kier molecular flexibility index (Phi) is 5.93. The second-order valence-corrected chi connectivity index (χ2v) is 6.05. The minimum atomic E-state index is 0.495. The minimum absolute atomic E-state index is 0.495. The third-order valence-corrected chi connectivity index (χ3v) is 4.54. The highest BCUT2D eigenvalue weighted by molar-refractivity contribution is 4.87. The molecule has 0 amide bonds. The molecule has 0 radical (unpaired) electrons. The van der Waals surface area contributed by atoms with E-state index in [0.717, 1.165) is 38.9 Å². The molecule has 106 valence electrons. The molecule has 0 aliphatic carbocycles. The number of rotatable bonds is 6. The van der Waals surface area contributed by atoms with E-state index in [0.29, 0.717) is 5.41 Å². The third kappa shape index (κ3) is 4.22. The fourth-order valence-corrected chi connectivity index (χ4v) is 3.35. The van der Waals surface area contributed by atoms with Crippen molar-refractivity contribution in [3.05, 3.63) is 0 Å². The van der Waals surface area contributed by atoms with E-state index in [1.54, 1.807) is 0 Å². The van der Waals surface area contributed by atoms with Crippen LogP contribution in [0.3, 0.4) is 0 Å². The van der Waals surface area contributed by atoms with Gasteiger partial charge in [0.25, 0.3) is 0 Å². The molecule has 18 heavy (non-hydrogen) atoms. The van der Waals surface area contributed by atoms with Gasteiger partial charge < -0.3 is 14.8 Å². The molecule has 2 saturated heterocycles. The van der Waals surface area contributed by atoms with E-state index in [1.165, 1.54) is 45.1 Å². The molecule has 0 bridgehead atoms. The van der Waals surface area contributed by atoms with Crippen LogP contribution in [0.15, 0.2) is 0 Å². The lowest BCUT2D eigenvalue weighted by Crippen LogP contribution is -2.41. The summed E-state index contributed by atoms with van der Waals surface area (Å²) in [5, 5.41) is 3.65. The van der Waals surface area contributed by atoms with Crippen LogP contribution in [0.5, 0.6) is 0 Å². The van der Waals surface area contributed by atoms with Crippen molar-refractivity contribution in [2.75, 3.05) is 39.5 Å². The fraction of sp³-hybridized carbons (Fsp3) is 1.00. The summed E-state index contributed by atoms with van der Waals surface area (Å²) in [5.41, 5.74) is 0.495. The lowest BCUT2D eigenvalue weighted by molar-refractivity contribution is -0.0136. The van der Waals surface area contributed by atoms with Crippen LogP contribution in [-0.2, 0) is 9.47 Å². The van der Waals surface area contributed by atoms with Crippen LogP contribution in [0, 0.1) is 11.3 Å². The van der Waals surface area contributed by atoms with Crippen molar-refractivity contribution in [3.63, 3.8) is 0 Å². The number of hydrogen-bond acceptors (Lipinski definition) is 3. The molecule has 0 aromatic rings. The van der Waals surface area contributed by atoms with E-state index in [1.807, 2.05) is 0 Å². The maximum Gasteiger partial charge on any atom is 0.0471 e. The highest BCUT2D eigenvalue weighted by atomic mass is 16.5. The third-order valence-electron chi connectivity index (χ3n) is 4.54. The molecular formula is C15H29NO2. The maximum atomic E-state index is 5.57. The van der Waals surface area contributed by atoms with Gasteiger partial charge in [0, 0.05) is 33.0 Å². The van der Waals surface area contributed by atoms with Gasteiger partial charge in [0.05, 0.1) is 0 Å². The Bertz CT molecular complexity index is 221. The first-order valence-corrected chi connectivity index (χ1v) is 7.71. The Morgan fingerprint density at radius 2 is 1.72 bits per heavy atom. The van der Waals surface area contributed by atoms with E-state index in [-0.39, 0.29) is 0 Å². The zero-order chi connectivity index (χ0) is 12.7. The molecule has 0 unspecified atom stereocenters. The quantitative estimate of drug-likeness (QED) is 0.740. The number of ether oxygens (including phenoxy) is 2. The average Bonchev–Trinajstić information content (AvgIpc) is 2.41. The predicted molar refractivity (Wildman–Crippen MR) is 73.8 cm³/mol. The first-order chi connectivity index (χ1) is 8.85. The van der Waals surface area contributed by atoms with Gasteiger partial charge in [-0.25, -0.2) is 0 Å². The van der Waals surface area contributed by atoms with Gasteiger partial charge in [-0.1, -0.05) is 6.92 Å². The lowest BCUT2D eigenvalue weighted by atomic mass is 9.71. The van der Waals surface area contributed by atoms with Gasteiger partial charge >= 0.3 is 0 Å². The molecule has 3 nitrogen and oxygen atoms in total. The van der Waals surface area contributed by atoms with Crippen LogP contribution in [0.2, 0.25) is 0 Å². The largest absolute Gasteiger partial charge is 0.381 e. The Balaban J connectivity index is 1.85. The number of hydrogen-bond donors (Lipinski definition) is 1. The zero-order valence-corrected chi connectivity index (χ0v) is 11.9. The summed E-state index contributed by atoms with van der Waals surface area (Å²) >= 11 is 0. The van der Waals surface area contributed by atoms with Crippen molar-refractivity contribution in [2.24, 2.45) is 11.3 Å². The first kappa shape index (κ1) is 14.3. The Morgan fingerprint density at radius 3 is 2.39 bits per heavy atom. The van der Waals surface area contributed by atoms with Crippen LogP contribution in [0.1, 0.15) is 45.4 Å². The molecule has 0 atom stereocenters. The van der Waals surface area contributed by atoms with Crippen LogP contribution in [0.4, 0.5) is 0 Å². The molecule has 2 rings (SSSR count). The van der Waals surface area contributed by atoms with Crippen molar-refractivity contribution in [3.8, 4) is 0 Å². The smallest absolute Gasteiger partial charge is 0.0471 e. The van der Waals surface area contributed by atoms with Crippen molar-refractivity contribution in [1.82, 2.24) is 5.32 Å². The highest BCUT2D eigenvalue weighted by Gasteiger charge is 2.35. The molecule has 1 N–H and O–H groups in total. The van der Waals surface area contributed by atoms with E-state index < -0.39 is 0 Å². The van der Waals surface area contributed by atoms with E-state index in [2.05, 4.69) is 12.2 Å². The Hall–Kier alpha value is -0.120. The molecule has 0 aromatic heterocycles. The number of nitrogens with one attached hydrogen (secondary N) is 1. The molecule has 2 heterocycles. The zero-order valence-electron chi connectivity index (χ0n) is 11.9. The fourth-order valence-electron chi connectivity index (χ4n) is 3.35. The summed E-state index contributed by atoms with van der Waals surface area (Å²) in [6.07, 6.45) is 7.59. The first-order valence-electron chi connectivity index (χ1n) is 7.71. The van der Waals surface area contributed by atoms with Crippen molar-refractivity contribution in [2.45, 2.75) is 45.4 Å². The standard InChI is InChI=1S/C15H29NO2/c1-2-7-16-13-15(5-10-18-11-6-15)12-14-3-8-17-9-4-14/h14,16H,2-13H2,1H3. The summed E-state index contributed by atoms with van der Waals surface area (Å²) in [7, 11) is 0. The SMILES string of the molecule is CCCNCC1(CC2CCOCC2)CCOCC1. The molecule has 2 fully saturated rings. The van der Waals surface area contributed by atoms with Crippen LogP contribution in [0.25, 0.3) is 0 Å². The van der Waals surface area contributed by atoms with Crippen molar-refractivity contribution < 1.29 is 9.47 Å². The van der Waals surface area contributed by atoms with E-state index >= 15 is 0 Å².